The number of aromatic nitrogens is 1. The first kappa shape index (κ1) is 26.3. The van der Waals surface area contributed by atoms with Crippen LogP contribution >= 0.6 is 0 Å². The van der Waals surface area contributed by atoms with Crippen molar-refractivity contribution in [1.29, 1.82) is 0 Å². The molecule has 4 aromatic rings. The SMILES string of the molecule is CC1(C)OC(=O)N(C(=O)[C@@](C)(OCc2ccc(-c3ccccc3)cc2)[C@@H](O)c2ccno2)[C@H]1c1ccccc1. The summed E-state index contributed by atoms with van der Waals surface area (Å²) in [7, 11) is 0. The topological polar surface area (TPSA) is 102 Å². The average molecular weight is 527 g/mol. The Morgan fingerprint density at radius 2 is 1.62 bits per heavy atom. The fourth-order valence-corrected chi connectivity index (χ4v) is 4.92. The molecule has 200 valence electrons. The van der Waals surface area contributed by atoms with Crippen molar-refractivity contribution >= 4 is 12.0 Å². The van der Waals surface area contributed by atoms with Gasteiger partial charge in [-0.05, 0) is 43.0 Å². The number of aliphatic hydroxyl groups excluding tert-OH is 1. The zero-order chi connectivity index (χ0) is 27.6. The van der Waals surface area contributed by atoms with E-state index >= 15 is 0 Å². The van der Waals surface area contributed by atoms with E-state index in [1.807, 2.05) is 84.9 Å². The van der Waals surface area contributed by atoms with Gasteiger partial charge in [-0.1, -0.05) is 90.1 Å². The summed E-state index contributed by atoms with van der Waals surface area (Å²) in [5.74, 6) is -0.718. The largest absolute Gasteiger partial charge is 0.440 e. The van der Waals surface area contributed by atoms with Crippen molar-refractivity contribution in [3.05, 3.63) is 114 Å². The first-order valence-electron chi connectivity index (χ1n) is 12.7. The lowest BCUT2D eigenvalue weighted by molar-refractivity contribution is -0.177. The lowest BCUT2D eigenvalue weighted by Gasteiger charge is -2.36. The predicted octanol–water partition coefficient (Wildman–Crippen LogP) is 5.85. The number of nitrogens with zero attached hydrogens (tertiary/aromatic N) is 2. The van der Waals surface area contributed by atoms with Crippen LogP contribution in [0.2, 0.25) is 0 Å². The van der Waals surface area contributed by atoms with Gasteiger partial charge in [0.2, 0.25) is 0 Å². The summed E-state index contributed by atoms with van der Waals surface area (Å²) in [4.78, 5) is 28.4. The molecule has 1 aliphatic heterocycles. The van der Waals surface area contributed by atoms with Crippen LogP contribution < -0.4 is 0 Å². The van der Waals surface area contributed by atoms with Gasteiger partial charge in [-0.3, -0.25) is 4.79 Å². The summed E-state index contributed by atoms with van der Waals surface area (Å²) in [6.45, 7) is 4.93. The monoisotopic (exact) mass is 526 g/mol. The number of hydrogen-bond acceptors (Lipinski definition) is 7. The summed E-state index contributed by atoms with van der Waals surface area (Å²) in [6, 6.07) is 27.6. The maximum Gasteiger partial charge on any atom is 0.417 e. The smallest absolute Gasteiger partial charge is 0.417 e. The van der Waals surface area contributed by atoms with Crippen LogP contribution in [0.15, 0.2) is 102 Å². The zero-order valence-electron chi connectivity index (χ0n) is 22.0. The highest BCUT2D eigenvalue weighted by Gasteiger charge is 2.57. The normalized spacial score (nSPS) is 18.8. The first-order chi connectivity index (χ1) is 18.7. The molecule has 8 heteroatoms. The Balaban J connectivity index is 1.46. The molecular formula is C31H30N2O6. The van der Waals surface area contributed by atoms with Crippen LogP contribution in [0.1, 0.15) is 49.8 Å². The third-order valence-corrected chi connectivity index (χ3v) is 7.07. The highest BCUT2D eigenvalue weighted by Crippen LogP contribution is 2.44. The van der Waals surface area contributed by atoms with Crippen molar-refractivity contribution in [1.82, 2.24) is 10.1 Å². The van der Waals surface area contributed by atoms with Crippen LogP contribution in [0.5, 0.6) is 0 Å². The minimum Gasteiger partial charge on any atom is -0.440 e. The third kappa shape index (κ3) is 5.08. The molecule has 1 aromatic heterocycles. The Bertz CT molecular complexity index is 1420. The molecule has 0 saturated carbocycles. The number of benzene rings is 3. The number of carbonyl (C=O) groups excluding carboxylic acids is 2. The van der Waals surface area contributed by atoms with E-state index in [1.165, 1.54) is 19.2 Å². The summed E-state index contributed by atoms with van der Waals surface area (Å²) in [5.41, 5.74) is 0.682. The molecule has 1 aliphatic rings. The van der Waals surface area contributed by atoms with Crippen LogP contribution in [0, 0.1) is 0 Å². The molecule has 3 atom stereocenters. The number of cyclic esters (lactones) is 1. The van der Waals surface area contributed by atoms with Crippen molar-refractivity contribution in [2.75, 3.05) is 0 Å². The molecule has 1 N–H and O–H groups in total. The van der Waals surface area contributed by atoms with Gasteiger partial charge in [0.1, 0.15) is 11.6 Å². The van der Waals surface area contributed by atoms with E-state index in [4.69, 9.17) is 14.0 Å². The van der Waals surface area contributed by atoms with Crippen LogP contribution in [0.3, 0.4) is 0 Å². The molecule has 0 radical (unpaired) electrons. The van der Waals surface area contributed by atoms with Crippen LogP contribution in [0.4, 0.5) is 4.79 Å². The van der Waals surface area contributed by atoms with Gasteiger partial charge >= 0.3 is 6.09 Å². The highest BCUT2D eigenvalue weighted by atomic mass is 16.6. The lowest BCUT2D eigenvalue weighted by Crippen LogP contribution is -2.54. The quantitative estimate of drug-likeness (QED) is 0.307. The molecule has 39 heavy (non-hydrogen) atoms. The van der Waals surface area contributed by atoms with Gasteiger partial charge in [0, 0.05) is 6.07 Å². The number of aliphatic hydroxyl groups is 1. The van der Waals surface area contributed by atoms with E-state index in [2.05, 4.69) is 5.16 Å². The summed E-state index contributed by atoms with van der Waals surface area (Å²) >= 11 is 0. The van der Waals surface area contributed by atoms with Gasteiger partial charge in [-0.25, -0.2) is 9.69 Å². The molecular weight excluding hydrogens is 496 g/mol. The number of hydrogen-bond donors (Lipinski definition) is 1. The average Bonchev–Trinajstić information content (AvgIpc) is 3.57. The summed E-state index contributed by atoms with van der Waals surface area (Å²) in [5, 5.41) is 15.0. The minimum atomic E-state index is -1.91. The second kappa shape index (κ2) is 10.5. The molecule has 0 aliphatic carbocycles. The fourth-order valence-electron chi connectivity index (χ4n) is 4.92. The Morgan fingerprint density at radius 3 is 2.23 bits per heavy atom. The van der Waals surface area contributed by atoms with Crippen LogP contribution in [-0.4, -0.2) is 38.4 Å². The predicted molar refractivity (Wildman–Crippen MR) is 143 cm³/mol. The Labute approximate surface area is 226 Å². The molecule has 8 nitrogen and oxygen atoms in total. The maximum atomic E-state index is 14.2. The standard InChI is InChI=1S/C31H30N2O6/c1-30(2)26(24-12-8-5-9-13-24)33(29(36)38-30)28(35)31(3,27(34)25-18-19-32-39-25)37-20-21-14-16-23(17-15-21)22-10-6-4-7-11-22/h4-19,26-27,34H,20H2,1-3H3/t26-,27-,31-/m0/s1. The van der Waals surface area contributed by atoms with E-state index in [1.54, 1.807) is 13.8 Å². The molecule has 0 unspecified atom stereocenters. The van der Waals surface area contributed by atoms with Crippen LogP contribution in [-0.2, 0) is 20.9 Å². The Kier molecular flexibility index (Phi) is 7.08. The number of rotatable bonds is 8. The van der Waals surface area contributed by atoms with Gasteiger partial charge in [-0.15, -0.1) is 0 Å². The maximum absolute atomic E-state index is 14.2. The van der Waals surface area contributed by atoms with E-state index in [0.29, 0.717) is 0 Å². The van der Waals surface area contributed by atoms with Crippen molar-refractivity contribution in [2.24, 2.45) is 0 Å². The van der Waals surface area contributed by atoms with Gasteiger partial charge < -0.3 is 19.1 Å². The third-order valence-electron chi connectivity index (χ3n) is 7.07. The molecule has 1 fully saturated rings. The second-order valence-electron chi connectivity index (χ2n) is 10.2. The molecule has 0 spiro atoms. The fraction of sp³-hybridized carbons (Fsp3) is 0.258. The van der Waals surface area contributed by atoms with Crippen LogP contribution in [0.25, 0.3) is 11.1 Å². The van der Waals surface area contributed by atoms with E-state index in [9.17, 15) is 14.7 Å². The molecule has 5 rings (SSSR count). The van der Waals surface area contributed by atoms with Gasteiger partial charge in [-0.2, -0.15) is 0 Å². The highest BCUT2D eigenvalue weighted by molar-refractivity contribution is 5.99. The van der Waals surface area contributed by atoms with Crippen molar-refractivity contribution < 1.29 is 28.7 Å². The van der Waals surface area contributed by atoms with Crippen molar-refractivity contribution in [3.8, 4) is 11.1 Å². The van der Waals surface area contributed by atoms with Gasteiger partial charge in [0.05, 0.1) is 12.8 Å². The first-order valence-corrected chi connectivity index (χ1v) is 12.7. The summed E-state index contributed by atoms with van der Waals surface area (Å²) < 4.78 is 17.0. The minimum absolute atomic E-state index is 0.00914. The van der Waals surface area contributed by atoms with E-state index in [0.717, 1.165) is 27.2 Å². The molecule has 2 amide bonds. The lowest BCUT2D eigenvalue weighted by atomic mass is 9.88. The second-order valence-corrected chi connectivity index (χ2v) is 10.2. The van der Waals surface area contributed by atoms with Crippen molar-refractivity contribution in [3.63, 3.8) is 0 Å². The molecule has 3 aromatic carbocycles. The molecule has 1 saturated heterocycles. The summed E-state index contributed by atoms with van der Waals surface area (Å²) in [6.07, 6.45) is -0.999. The van der Waals surface area contributed by atoms with Gasteiger partial charge in [0.25, 0.3) is 5.91 Å². The number of carbonyl (C=O) groups is 2. The zero-order valence-corrected chi connectivity index (χ0v) is 22.0. The number of amides is 2. The molecule has 0 bridgehead atoms. The van der Waals surface area contributed by atoms with Gasteiger partial charge in [0.15, 0.2) is 17.5 Å². The number of ether oxygens (including phenoxy) is 2. The Morgan fingerprint density at radius 1 is 1.00 bits per heavy atom. The van der Waals surface area contributed by atoms with Crippen molar-refractivity contribution in [2.45, 2.75) is 50.7 Å². The Hall–Kier alpha value is -4.27. The molecule has 2 heterocycles. The van der Waals surface area contributed by atoms with E-state index < -0.39 is 35.3 Å². The number of imide groups is 1. The van der Waals surface area contributed by atoms with E-state index in [-0.39, 0.29) is 12.4 Å².